The maximum atomic E-state index is 13.6. The summed E-state index contributed by atoms with van der Waals surface area (Å²) in [5.74, 6) is 0.536. The predicted molar refractivity (Wildman–Crippen MR) is 73.5 cm³/mol. The number of halogens is 1. The number of nitrogens with one attached hydrogen (secondary N) is 1. The van der Waals surface area contributed by atoms with Gasteiger partial charge in [0.15, 0.2) is 0 Å². The van der Waals surface area contributed by atoms with E-state index in [0.717, 1.165) is 12.1 Å². The van der Waals surface area contributed by atoms with Crippen molar-refractivity contribution in [1.29, 1.82) is 0 Å². The standard InChI is InChI=1S/C15H17FN2O/c1-9(2)6-12-8-14(19)18-15(17-12)11-5-4-10(3)13(16)7-11/h4-5,7-9H,6H2,1-3H3,(H,17,18,19). The van der Waals surface area contributed by atoms with E-state index in [1.165, 1.54) is 12.1 Å². The minimum Gasteiger partial charge on any atom is -0.307 e. The Balaban J connectivity index is 2.46. The third-order valence-corrected chi connectivity index (χ3v) is 2.86. The van der Waals surface area contributed by atoms with Gasteiger partial charge in [0.05, 0.1) is 0 Å². The quantitative estimate of drug-likeness (QED) is 0.921. The number of nitrogens with zero attached hydrogens (tertiary/aromatic N) is 1. The number of aryl methyl sites for hydroxylation is 1. The van der Waals surface area contributed by atoms with Crippen molar-refractivity contribution in [2.45, 2.75) is 27.2 Å². The van der Waals surface area contributed by atoms with Gasteiger partial charge in [0.25, 0.3) is 5.56 Å². The van der Waals surface area contributed by atoms with Gasteiger partial charge >= 0.3 is 0 Å². The molecule has 0 radical (unpaired) electrons. The van der Waals surface area contributed by atoms with Gasteiger partial charge in [0, 0.05) is 17.3 Å². The number of aromatic nitrogens is 2. The molecule has 0 amide bonds. The second-order valence-corrected chi connectivity index (χ2v) is 5.15. The van der Waals surface area contributed by atoms with Gasteiger partial charge in [-0.3, -0.25) is 4.79 Å². The number of H-pyrrole nitrogens is 1. The molecule has 4 heteroatoms. The van der Waals surface area contributed by atoms with Crippen LogP contribution >= 0.6 is 0 Å². The van der Waals surface area contributed by atoms with E-state index < -0.39 is 0 Å². The van der Waals surface area contributed by atoms with Crippen LogP contribution in [0.25, 0.3) is 11.4 Å². The third kappa shape index (κ3) is 3.28. The zero-order chi connectivity index (χ0) is 14.0. The second kappa shape index (κ2) is 5.34. The molecule has 0 fully saturated rings. The van der Waals surface area contributed by atoms with Crippen LogP contribution in [0.3, 0.4) is 0 Å². The number of benzene rings is 1. The molecular formula is C15H17FN2O. The normalized spacial score (nSPS) is 11.0. The molecule has 0 aliphatic heterocycles. The van der Waals surface area contributed by atoms with Gasteiger partial charge in [0.1, 0.15) is 11.6 Å². The van der Waals surface area contributed by atoms with Crippen LogP contribution in [0.4, 0.5) is 4.39 Å². The molecule has 0 aliphatic rings. The molecule has 1 aromatic carbocycles. The van der Waals surface area contributed by atoms with Gasteiger partial charge in [-0.15, -0.1) is 0 Å². The van der Waals surface area contributed by atoms with Crippen LogP contribution in [-0.2, 0) is 6.42 Å². The minimum atomic E-state index is -0.297. The smallest absolute Gasteiger partial charge is 0.251 e. The van der Waals surface area contributed by atoms with E-state index in [1.807, 2.05) is 0 Å². The largest absolute Gasteiger partial charge is 0.307 e. The van der Waals surface area contributed by atoms with E-state index >= 15 is 0 Å². The van der Waals surface area contributed by atoms with Crippen molar-refractivity contribution in [2.24, 2.45) is 5.92 Å². The molecule has 0 unspecified atom stereocenters. The number of rotatable bonds is 3. The first kappa shape index (κ1) is 13.5. The molecule has 3 nitrogen and oxygen atoms in total. The van der Waals surface area contributed by atoms with E-state index in [2.05, 4.69) is 23.8 Å². The lowest BCUT2D eigenvalue weighted by molar-refractivity contribution is 0.618. The van der Waals surface area contributed by atoms with Crippen molar-refractivity contribution in [3.63, 3.8) is 0 Å². The Morgan fingerprint density at radius 2 is 2.05 bits per heavy atom. The van der Waals surface area contributed by atoms with Crippen molar-refractivity contribution in [1.82, 2.24) is 9.97 Å². The Hall–Kier alpha value is -1.97. The molecule has 0 spiro atoms. The molecule has 2 rings (SSSR count). The Labute approximate surface area is 111 Å². The summed E-state index contributed by atoms with van der Waals surface area (Å²) in [5.41, 5.74) is 1.69. The summed E-state index contributed by atoms with van der Waals surface area (Å²) in [4.78, 5) is 18.7. The Kier molecular flexibility index (Phi) is 3.79. The number of hydrogen-bond donors (Lipinski definition) is 1. The van der Waals surface area contributed by atoms with Gasteiger partial charge in [-0.05, 0) is 30.9 Å². The minimum absolute atomic E-state index is 0.207. The summed E-state index contributed by atoms with van der Waals surface area (Å²) in [5, 5.41) is 0. The fourth-order valence-corrected chi connectivity index (χ4v) is 1.91. The Bertz CT molecular complexity index is 647. The average molecular weight is 260 g/mol. The Morgan fingerprint density at radius 1 is 1.32 bits per heavy atom. The summed E-state index contributed by atoms with van der Waals surface area (Å²) in [7, 11) is 0. The highest BCUT2D eigenvalue weighted by atomic mass is 19.1. The molecule has 100 valence electrons. The molecule has 1 aromatic heterocycles. The zero-order valence-electron chi connectivity index (χ0n) is 11.3. The molecule has 0 saturated heterocycles. The van der Waals surface area contributed by atoms with Crippen LogP contribution in [0.1, 0.15) is 25.1 Å². The van der Waals surface area contributed by atoms with Gasteiger partial charge in [-0.25, -0.2) is 9.37 Å². The maximum Gasteiger partial charge on any atom is 0.251 e. The van der Waals surface area contributed by atoms with Crippen LogP contribution in [0.2, 0.25) is 0 Å². The zero-order valence-corrected chi connectivity index (χ0v) is 11.3. The maximum absolute atomic E-state index is 13.6. The highest BCUT2D eigenvalue weighted by Crippen LogP contribution is 2.18. The van der Waals surface area contributed by atoms with Gasteiger partial charge in [-0.1, -0.05) is 26.0 Å². The van der Waals surface area contributed by atoms with Crippen LogP contribution in [0, 0.1) is 18.7 Å². The van der Waals surface area contributed by atoms with E-state index in [-0.39, 0.29) is 11.4 Å². The highest BCUT2D eigenvalue weighted by Gasteiger charge is 2.07. The molecule has 0 saturated carbocycles. The van der Waals surface area contributed by atoms with Crippen LogP contribution in [0.5, 0.6) is 0 Å². The Morgan fingerprint density at radius 3 is 2.68 bits per heavy atom. The van der Waals surface area contributed by atoms with Crippen LogP contribution in [-0.4, -0.2) is 9.97 Å². The van der Waals surface area contributed by atoms with E-state index in [4.69, 9.17) is 0 Å². The van der Waals surface area contributed by atoms with Crippen LogP contribution < -0.4 is 5.56 Å². The molecule has 0 bridgehead atoms. The van der Waals surface area contributed by atoms with E-state index in [0.29, 0.717) is 22.9 Å². The van der Waals surface area contributed by atoms with Crippen molar-refractivity contribution in [3.05, 3.63) is 51.7 Å². The summed E-state index contributed by atoms with van der Waals surface area (Å²) in [6.07, 6.45) is 0.727. The van der Waals surface area contributed by atoms with Gasteiger partial charge in [0.2, 0.25) is 0 Å². The molecule has 0 atom stereocenters. The fourth-order valence-electron chi connectivity index (χ4n) is 1.91. The molecular weight excluding hydrogens is 243 g/mol. The van der Waals surface area contributed by atoms with Crippen molar-refractivity contribution in [2.75, 3.05) is 0 Å². The summed E-state index contributed by atoms with van der Waals surface area (Å²) >= 11 is 0. The SMILES string of the molecule is Cc1ccc(-c2nc(CC(C)C)cc(=O)[nH]2)cc1F. The fraction of sp³-hybridized carbons (Fsp3) is 0.333. The first-order valence-corrected chi connectivity index (χ1v) is 6.32. The lowest BCUT2D eigenvalue weighted by Gasteiger charge is -2.07. The van der Waals surface area contributed by atoms with Crippen LogP contribution in [0.15, 0.2) is 29.1 Å². The molecule has 2 aromatic rings. The van der Waals surface area contributed by atoms with Crippen molar-refractivity contribution >= 4 is 0 Å². The van der Waals surface area contributed by atoms with Crippen molar-refractivity contribution in [3.8, 4) is 11.4 Å². The van der Waals surface area contributed by atoms with E-state index in [1.54, 1.807) is 19.1 Å². The number of aromatic amines is 1. The second-order valence-electron chi connectivity index (χ2n) is 5.15. The third-order valence-electron chi connectivity index (χ3n) is 2.86. The van der Waals surface area contributed by atoms with Crippen molar-refractivity contribution < 1.29 is 4.39 Å². The highest BCUT2D eigenvalue weighted by molar-refractivity contribution is 5.55. The molecule has 19 heavy (non-hydrogen) atoms. The van der Waals surface area contributed by atoms with E-state index in [9.17, 15) is 9.18 Å². The first-order chi connectivity index (χ1) is 8.95. The summed E-state index contributed by atoms with van der Waals surface area (Å²) < 4.78 is 13.6. The monoisotopic (exact) mass is 260 g/mol. The molecule has 1 heterocycles. The lowest BCUT2D eigenvalue weighted by atomic mass is 10.1. The molecule has 1 N–H and O–H groups in total. The van der Waals surface area contributed by atoms with Gasteiger partial charge < -0.3 is 4.98 Å². The average Bonchev–Trinajstić information content (AvgIpc) is 2.31. The molecule has 0 aliphatic carbocycles. The lowest BCUT2D eigenvalue weighted by Crippen LogP contribution is -2.12. The topological polar surface area (TPSA) is 45.8 Å². The summed E-state index contributed by atoms with van der Waals surface area (Å²) in [6, 6.07) is 6.33. The van der Waals surface area contributed by atoms with Gasteiger partial charge in [-0.2, -0.15) is 0 Å². The number of hydrogen-bond acceptors (Lipinski definition) is 2. The summed E-state index contributed by atoms with van der Waals surface area (Å²) in [6.45, 7) is 5.83. The first-order valence-electron chi connectivity index (χ1n) is 6.32. The predicted octanol–water partition coefficient (Wildman–Crippen LogP) is 3.08.